The molecule has 19 heavy (non-hydrogen) atoms. The number of aromatic nitrogens is 2. The molecule has 3 rings (SSSR count). The monoisotopic (exact) mass is 291 g/mol. The Morgan fingerprint density at radius 3 is 3.11 bits per heavy atom. The van der Waals surface area contributed by atoms with E-state index in [4.69, 9.17) is 16.9 Å². The van der Waals surface area contributed by atoms with E-state index < -0.39 is 0 Å². The van der Waals surface area contributed by atoms with Gasteiger partial charge in [0.05, 0.1) is 0 Å². The standard InChI is InChI=1S/C12H10ClN5S/c1-8-11-17(5-9-2-3-10(13)15-4-9)7-18(11)12(19-8)16-6-14/h2-4H,5,7H2,1H3. The van der Waals surface area contributed by atoms with Crippen molar-refractivity contribution in [3.63, 3.8) is 0 Å². The second-order valence-corrected chi connectivity index (χ2v) is 5.80. The van der Waals surface area contributed by atoms with Crippen LogP contribution in [0.5, 0.6) is 0 Å². The molecule has 7 heteroatoms. The molecule has 0 atom stereocenters. The van der Waals surface area contributed by atoms with Gasteiger partial charge in [0, 0.05) is 17.6 Å². The van der Waals surface area contributed by atoms with Crippen molar-refractivity contribution in [3.05, 3.63) is 38.7 Å². The van der Waals surface area contributed by atoms with Gasteiger partial charge in [-0.1, -0.05) is 29.0 Å². The molecule has 0 bridgehead atoms. The van der Waals surface area contributed by atoms with Crippen molar-refractivity contribution in [1.82, 2.24) is 9.55 Å². The van der Waals surface area contributed by atoms with Crippen LogP contribution in [0.2, 0.25) is 5.15 Å². The van der Waals surface area contributed by atoms with Crippen molar-refractivity contribution in [3.8, 4) is 6.19 Å². The Bertz CT molecular complexity index is 722. The highest BCUT2D eigenvalue weighted by Crippen LogP contribution is 2.31. The molecule has 0 amide bonds. The van der Waals surface area contributed by atoms with E-state index in [1.807, 2.05) is 23.8 Å². The number of thiazole rings is 1. The normalized spacial score (nSPS) is 13.9. The highest BCUT2D eigenvalue weighted by Gasteiger charge is 2.27. The molecule has 5 nitrogen and oxygen atoms in total. The zero-order valence-electron chi connectivity index (χ0n) is 10.2. The zero-order valence-corrected chi connectivity index (χ0v) is 11.7. The lowest BCUT2D eigenvalue weighted by molar-refractivity contribution is 0.520. The molecule has 1 aliphatic heterocycles. The number of rotatable bonds is 2. The number of nitrogens with zero attached hydrogens (tertiary/aromatic N) is 5. The molecule has 0 unspecified atom stereocenters. The molecular formula is C12H10ClN5S. The number of hydrogen-bond donors (Lipinski definition) is 0. The number of halogens is 1. The van der Waals surface area contributed by atoms with Crippen molar-refractivity contribution in [2.45, 2.75) is 20.1 Å². The number of nitriles is 1. The summed E-state index contributed by atoms with van der Waals surface area (Å²) >= 11 is 7.31. The van der Waals surface area contributed by atoms with E-state index in [2.05, 4.69) is 14.9 Å². The van der Waals surface area contributed by atoms with Crippen LogP contribution in [0.4, 0.5) is 5.82 Å². The van der Waals surface area contributed by atoms with E-state index in [9.17, 15) is 0 Å². The van der Waals surface area contributed by atoms with Crippen molar-refractivity contribution < 1.29 is 0 Å². The third-order valence-corrected chi connectivity index (χ3v) is 4.17. The summed E-state index contributed by atoms with van der Waals surface area (Å²) in [5, 5.41) is 9.14. The smallest absolute Gasteiger partial charge is 0.208 e. The van der Waals surface area contributed by atoms with E-state index in [0.717, 1.165) is 29.4 Å². The first-order chi connectivity index (χ1) is 9.19. The van der Waals surface area contributed by atoms with Gasteiger partial charge in [-0.2, -0.15) is 5.26 Å². The van der Waals surface area contributed by atoms with Gasteiger partial charge in [-0.3, -0.25) is 4.57 Å². The van der Waals surface area contributed by atoms with E-state index in [-0.39, 0.29) is 0 Å². The molecule has 0 aromatic carbocycles. The highest BCUT2D eigenvalue weighted by atomic mass is 35.5. The summed E-state index contributed by atoms with van der Waals surface area (Å²) in [6, 6.07) is 3.77. The van der Waals surface area contributed by atoms with Crippen molar-refractivity contribution >= 4 is 28.8 Å². The van der Waals surface area contributed by atoms with Crippen LogP contribution < -0.4 is 9.70 Å². The van der Waals surface area contributed by atoms with Gasteiger partial charge in [0.1, 0.15) is 17.6 Å². The first-order valence-electron chi connectivity index (χ1n) is 5.67. The van der Waals surface area contributed by atoms with Crippen molar-refractivity contribution in [2.24, 2.45) is 4.99 Å². The molecule has 0 saturated heterocycles. The second-order valence-electron chi connectivity index (χ2n) is 4.23. The van der Waals surface area contributed by atoms with Gasteiger partial charge in [0.2, 0.25) is 11.0 Å². The van der Waals surface area contributed by atoms with E-state index in [0.29, 0.717) is 5.15 Å². The number of aryl methyl sites for hydroxylation is 1. The van der Waals surface area contributed by atoms with Gasteiger partial charge < -0.3 is 4.90 Å². The van der Waals surface area contributed by atoms with Crippen LogP contribution in [0.3, 0.4) is 0 Å². The number of anilines is 1. The number of hydrogen-bond acceptors (Lipinski definition) is 5. The van der Waals surface area contributed by atoms with Gasteiger partial charge in [-0.05, 0) is 18.6 Å². The minimum atomic E-state index is 0.504. The number of pyridine rings is 1. The van der Waals surface area contributed by atoms with Gasteiger partial charge in [-0.15, -0.1) is 4.99 Å². The van der Waals surface area contributed by atoms with Crippen LogP contribution in [-0.4, -0.2) is 9.55 Å². The van der Waals surface area contributed by atoms with Crippen molar-refractivity contribution in [1.29, 1.82) is 5.26 Å². The van der Waals surface area contributed by atoms with E-state index >= 15 is 0 Å². The lowest BCUT2D eigenvalue weighted by atomic mass is 10.2. The maximum atomic E-state index is 8.64. The quantitative estimate of drug-likeness (QED) is 0.630. The van der Waals surface area contributed by atoms with E-state index in [1.54, 1.807) is 23.6 Å². The average molecular weight is 292 g/mol. The predicted molar refractivity (Wildman–Crippen MR) is 73.7 cm³/mol. The fourth-order valence-corrected chi connectivity index (χ4v) is 3.23. The Balaban J connectivity index is 1.86. The van der Waals surface area contributed by atoms with Crippen LogP contribution in [0, 0.1) is 18.4 Å². The fourth-order valence-electron chi connectivity index (χ4n) is 2.17. The van der Waals surface area contributed by atoms with Crippen LogP contribution >= 0.6 is 22.9 Å². The lowest BCUT2D eigenvalue weighted by Gasteiger charge is -2.35. The zero-order chi connectivity index (χ0) is 13.4. The molecule has 2 aromatic rings. The van der Waals surface area contributed by atoms with Crippen LogP contribution in [0.25, 0.3) is 0 Å². The van der Waals surface area contributed by atoms with Gasteiger partial charge in [0.15, 0.2) is 0 Å². The van der Waals surface area contributed by atoms with Crippen LogP contribution in [0.1, 0.15) is 10.4 Å². The Morgan fingerprint density at radius 1 is 1.58 bits per heavy atom. The molecule has 0 aliphatic carbocycles. The lowest BCUT2D eigenvalue weighted by Crippen LogP contribution is -2.41. The predicted octanol–water partition coefficient (Wildman–Crippen LogP) is 2.27. The maximum Gasteiger partial charge on any atom is 0.208 e. The summed E-state index contributed by atoms with van der Waals surface area (Å²) in [5.74, 6) is 1.13. The summed E-state index contributed by atoms with van der Waals surface area (Å²) < 4.78 is 2.05. The molecule has 0 saturated carbocycles. The summed E-state index contributed by atoms with van der Waals surface area (Å²) in [6.45, 7) is 3.58. The Labute approximate surface area is 119 Å². The van der Waals surface area contributed by atoms with Crippen LogP contribution in [-0.2, 0) is 13.2 Å². The first-order valence-corrected chi connectivity index (χ1v) is 6.87. The Hall–Kier alpha value is -1.84. The third-order valence-electron chi connectivity index (χ3n) is 2.97. The van der Waals surface area contributed by atoms with Gasteiger partial charge in [0.25, 0.3) is 0 Å². The third kappa shape index (κ3) is 2.11. The van der Waals surface area contributed by atoms with E-state index in [1.165, 1.54) is 4.88 Å². The topological polar surface area (TPSA) is 57.2 Å². The fraction of sp³-hybridized carbons (Fsp3) is 0.250. The SMILES string of the molecule is Cc1sc(=NC#N)n2c1N(Cc1ccc(Cl)nc1)C2. The van der Waals surface area contributed by atoms with Gasteiger partial charge >= 0.3 is 0 Å². The minimum absolute atomic E-state index is 0.504. The molecule has 0 radical (unpaired) electrons. The summed E-state index contributed by atoms with van der Waals surface area (Å²) in [7, 11) is 0. The van der Waals surface area contributed by atoms with Crippen molar-refractivity contribution in [2.75, 3.05) is 4.90 Å². The largest absolute Gasteiger partial charge is 0.334 e. The molecule has 1 aliphatic rings. The molecular weight excluding hydrogens is 282 g/mol. The molecule has 0 fully saturated rings. The minimum Gasteiger partial charge on any atom is -0.334 e. The summed E-state index contributed by atoms with van der Waals surface area (Å²) in [5.41, 5.74) is 1.11. The Morgan fingerprint density at radius 2 is 2.42 bits per heavy atom. The maximum absolute atomic E-state index is 8.64. The molecule has 0 spiro atoms. The number of fused-ring (bicyclic) bond motifs is 1. The Kier molecular flexibility index (Phi) is 3.01. The van der Waals surface area contributed by atoms with Gasteiger partial charge in [-0.25, -0.2) is 4.98 Å². The average Bonchev–Trinajstić information content (AvgIpc) is 2.59. The highest BCUT2D eigenvalue weighted by molar-refractivity contribution is 7.09. The molecule has 2 aromatic heterocycles. The first kappa shape index (κ1) is 12.2. The molecule has 96 valence electrons. The summed E-state index contributed by atoms with van der Waals surface area (Å²) in [6.07, 6.45) is 3.63. The second kappa shape index (κ2) is 4.68. The molecule has 0 N–H and O–H groups in total. The summed E-state index contributed by atoms with van der Waals surface area (Å²) in [4.78, 5) is 12.1. The molecule has 3 heterocycles. The van der Waals surface area contributed by atoms with Crippen LogP contribution in [0.15, 0.2) is 23.3 Å².